The number of benzene rings is 2. The number of urea groups is 1. The largest absolute Gasteiger partial charge is 0.481 e. The Morgan fingerprint density at radius 2 is 1.08 bits per heavy atom. The van der Waals surface area contributed by atoms with Gasteiger partial charge in [0, 0.05) is 139 Å². The van der Waals surface area contributed by atoms with Crippen LogP contribution in [-0.4, -0.2) is 285 Å². The number of aliphatic carboxylic acids is 1. The number of pyridine rings is 1. The molecule has 3 fully saturated rings. The van der Waals surface area contributed by atoms with E-state index in [4.69, 9.17) is 30.4 Å². The summed E-state index contributed by atoms with van der Waals surface area (Å²) in [6.07, 6.45) is 7.52. The summed E-state index contributed by atoms with van der Waals surface area (Å²) in [7, 11) is -11.3. The molecule has 48 heteroatoms. The van der Waals surface area contributed by atoms with E-state index in [1.165, 1.54) is 4.90 Å². The Labute approximate surface area is 793 Å². The van der Waals surface area contributed by atoms with Gasteiger partial charge >= 0.3 is 27.2 Å². The lowest BCUT2D eigenvalue weighted by atomic mass is 9.80. The van der Waals surface area contributed by atoms with Crippen molar-refractivity contribution in [2.45, 2.75) is 227 Å². The van der Waals surface area contributed by atoms with Crippen LogP contribution in [0, 0.1) is 18.8 Å². The molecule has 1 aromatic heterocycles. The Kier molecular flexibility index (Phi) is 51.2. The number of hydrogen-bond acceptors (Lipinski definition) is 26. The average molecular weight is 1970 g/mol. The summed E-state index contributed by atoms with van der Waals surface area (Å²) >= 11 is 1.08. The minimum absolute atomic E-state index is 0.0159. The van der Waals surface area contributed by atoms with Crippen LogP contribution in [0.1, 0.15) is 184 Å². The van der Waals surface area contributed by atoms with Crippen LogP contribution in [0.5, 0.6) is 0 Å². The molecule has 1 saturated heterocycles. The lowest BCUT2D eigenvalue weighted by Gasteiger charge is -2.38. The minimum atomic E-state index is -5.63. The Bertz CT molecular complexity index is 4480. The van der Waals surface area contributed by atoms with Crippen molar-refractivity contribution in [1.82, 2.24) is 68.4 Å². The number of nitrogens with zero attached hydrogens (tertiary/aromatic N) is 2. The number of ether oxygens (including phenoxy) is 4. The number of aliphatic hydroxyl groups is 1. The first-order chi connectivity index (χ1) is 64.8. The number of carboxylic acids is 1. The molecule has 2 aromatic carbocycles. The second-order valence-corrected chi connectivity index (χ2v) is 38.8. The topological polar surface area (TPSA) is 690 Å². The minimum Gasteiger partial charge on any atom is -0.481 e. The van der Waals surface area contributed by atoms with Gasteiger partial charge in [0.15, 0.2) is 0 Å². The van der Waals surface area contributed by atoms with Gasteiger partial charge in [0.1, 0.15) is 23.7 Å². The Balaban J connectivity index is 0.759. The maximum absolute atomic E-state index is 14.4. The van der Waals surface area contributed by atoms with E-state index in [1.54, 1.807) is 54.9 Å². The number of para-hydroxylation sites is 1. The molecule has 0 spiro atoms. The third-order valence-electron chi connectivity index (χ3n) is 22.9. The van der Waals surface area contributed by atoms with Crippen molar-refractivity contribution in [2.24, 2.45) is 23.3 Å². The third kappa shape index (κ3) is 43.1. The van der Waals surface area contributed by atoms with Crippen LogP contribution >= 0.6 is 27.0 Å². The molecule has 16 amide bonds. The zero-order valence-corrected chi connectivity index (χ0v) is 79.4. The SMILES string of the molecule is Cc1ccccc1NC(=O)Nc1ccc(CC(=O)N[C@@H](CCCCNC(=O)CCc2cccnc2)C(=O)N[C@@H](CCCC(=O)O)C(=O)NC2(C(=O)NCCOCCOCCNC(=O)CCC(=O)NCCOCCOCCNC(=O)CCC(=O)N[C@@H](CCCCNC(=O)[C@H](N)CSC3CC(=O)N(CC4CCC(C(=O)NCCCC(O)(P(=O)(O)O)P(=O)(O)O)CC4)C3=O)C(N)=O)CCCCC2)cc1. The number of primary amides is 1. The molecule has 2 aliphatic carbocycles. The number of carbonyl (C=O) groups is 16. The Hall–Kier alpha value is -10.5. The number of aryl methyl sites for hydroxylation is 2. The molecule has 136 heavy (non-hydrogen) atoms. The molecule has 2 heterocycles. The predicted octanol–water partition coefficient (Wildman–Crippen LogP) is 0.780. The Morgan fingerprint density at radius 1 is 0.551 bits per heavy atom. The molecule has 3 aliphatic rings. The van der Waals surface area contributed by atoms with Gasteiger partial charge in [-0.25, -0.2) is 4.79 Å². The van der Waals surface area contributed by atoms with E-state index >= 15 is 0 Å². The van der Waals surface area contributed by atoms with Gasteiger partial charge in [0.2, 0.25) is 82.7 Å². The van der Waals surface area contributed by atoms with Crippen LogP contribution in [0.15, 0.2) is 73.1 Å². The zero-order valence-electron chi connectivity index (χ0n) is 76.8. The fourth-order valence-corrected chi connectivity index (χ4v) is 18.5. The molecular formula is C88H135N17O28P2S. The molecule has 2 saturated carbocycles. The van der Waals surface area contributed by atoms with Crippen molar-refractivity contribution in [3.63, 3.8) is 0 Å². The first-order valence-electron chi connectivity index (χ1n) is 46.0. The normalized spacial score (nSPS) is 16.3. The summed E-state index contributed by atoms with van der Waals surface area (Å²) in [5, 5.41) is 50.8. The van der Waals surface area contributed by atoms with E-state index in [0.29, 0.717) is 87.6 Å². The Morgan fingerprint density at radius 3 is 1.65 bits per heavy atom. The quantitative estimate of drug-likeness (QED) is 0.0211. The van der Waals surface area contributed by atoms with E-state index in [2.05, 4.69) is 74.1 Å². The monoisotopic (exact) mass is 1970 g/mol. The number of nitrogens with two attached hydrogens (primary N) is 2. The van der Waals surface area contributed by atoms with Gasteiger partial charge in [-0.15, -0.1) is 11.8 Å². The zero-order chi connectivity index (χ0) is 99.5. The third-order valence-corrected chi connectivity index (χ3v) is 28.1. The second kappa shape index (κ2) is 61.0. The number of carboxylic acid groups (broad SMARTS) is 1. The van der Waals surface area contributed by atoms with E-state index in [0.717, 1.165) is 29.3 Å². The van der Waals surface area contributed by atoms with Gasteiger partial charge in [0.05, 0.1) is 70.6 Å². The number of rotatable bonds is 66. The highest BCUT2D eigenvalue weighted by Gasteiger charge is 2.59. The van der Waals surface area contributed by atoms with Gasteiger partial charge < -0.3 is 129 Å². The second-order valence-electron chi connectivity index (χ2n) is 33.6. The van der Waals surface area contributed by atoms with E-state index in [1.807, 2.05) is 25.1 Å². The lowest BCUT2D eigenvalue weighted by Crippen LogP contribution is -2.63. The molecule has 0 radical (unpaired) electrons. The number of carbonyl (C=O) groups excluding carboxylic acids is 15. The van der Waals surface area contributed by atoms with Crippen LogP contribution in [0.2, 0.25) is 0 Å². The highest BCUT2D eigenvalue weighted by Crippen LogP contribution is 2.69. The molecule has 1 aliphatic heterocycles. The van der Waals surface area contributed by atoms with Crippen molar-refractivity contribution < 1.29 is 135 Å². The molecule has 45 nitrogen and oxygen atoms in total. The number of imide groups is 1. The number of hydrogen-bond donors (Lipinski definition) is 21. The molecule has 0 bridgehead atoms. The van der Waals surface area contributed by atoms with E-state index in [9.17, 15) is 116 Å². The van der Waals surface area contributed by atoms with Gasteiger partial charge in [-0.3, -0.25) is 90.9 Å². The van der Waals surface area contributed by atoms with Gasteiger partial charge in [-0.2, -0.15) is 0 Å². The van der Waals surface area contributed by atoms with Gasteiger partial charge in [-0.1, -0.05) is 55.7 Å². The number of unbranched alkanes of at least 4 members (excludes halogenated alkanes) is 2. The molecular weight excluding hydrogens is 1840 g/mol. The van der Waals surface area contributed by atoms with Crippen molar-refractivity contribution in [3.8, 4) is 0 Å². The highest BCUT2D eigenvalue weighted by molar-refractivity contribution is 8.00. The number of likely N-dealkylation sites (tertiary alicyclic amines) is 1. The smallest absolute Gasteiger partial charge is 0.369 e. The van der Waals surface area contributed by atoms with Crippen molar-refractivity contribution >= 4 is 133 Å². The number of nitrogens with one attached hydrogen (secondary N) is 13. The first-order valence-corrected chi connectivity index (χ1v) is 50.2. The van der Waals surface area contributed by atoms with Crippen molar-refractivity contribution in [1.29, 1.82) is 0 Å². The van der Waals surface area contributed by atoms with Crippen LogP contribution in [0.25, 0.3) is 0 Å². The summed E-state index contributed by atoms with van der Waals surface area (Å²) in [5.41, 5.74) is 13.7. The summed E-state index contributed by atoms with van der Waals surface area (Å²) in [6, 6.07) is 12.5. The van der Waals surface area contributed by atoms with Crippen LogP contribution < -0.4 is 80.6 Å². The van der Waals surface area contributed by atoms with Crippen molar-refractivity contribution in [3.05, 3.63) is 89.7 Å². The summed E-state index contributed by atoms with van der Waals surface area (Å²) in [4.78, 5) is 250. The van der Waals surface area contributed by atoms with Gasteiger partial charge in [-0.05, 0) is 157 Å². The lowest BCUT2D eigenvalue weighted by molar-refractivity contribution is -0.140. The summed E-state index contributed by atoms with van der Waals surface area (Å²) < 4.78 is 45.4. The van der Waals surface area contributed by atoms with Crippen LogP contribution in [-0.2, 0) is 113 Å². The number of amides is 16. The molecule has 6 rings (SSSR count). The highest BCUT2D eigenvalue weighted by atomic mass is 32.2. The number of aromatic nitrogens is 1. The maximum atomic E-state index is 14.4. The van der Waals surface area contributed by atoms with E-state index < -0.39 is 139 Å². The van der Waals surface area contributed by atoms with E-state index in [-0.39, 0.29) is 237 Å². The standard InChI is InChI=1S/C88H135N17O28P2S/c1-59-14-3-4-16-66(59)103-86(122)99-64-28-23-60(24-29-64)54-76(111)101-68(18-6-9-39-92-71(106)30-25-61-15-12-38-91-56-61)82(118)102-69(19-11-20-78(113)114)83(119)104-87(35-7-2-8-36-87)85(121)98-45-49-133-53-52-132-47-43-94-73(108)32-31-72(107)93-42-46-130-50-51-131-48-44-95-74(109)33-34-75(110)100-67(79(90)115)17-5-10-40-97-81(117)65(89)58-136-70-55-77(112)105(84(70)120)57-62-21-26-63(27-22-62)80(116)96-41-13-37-88(123,134(124,125)126)135(127,128)129/h3-4,12,14-16,23-24,28-29,38,56,62-63,65,67-70,123H,2,5-11,13,17-22,25-27,30-37,39-55,57-58,89H2,1H3,(H2,90,115)(H,92,106)(H,93,107)(H,94,108)(H,95,109)(H,96,116)(H,97,117)(H,98,121)(H,100,110)(H,101,111)(H,102,118)(H,104,119)(H,113,114)(H2,99,103,122)(H2,124,125,126)(H2,127,128,129)/t62?,63?,65-,67+,68+,69+,70?/m1/s1. The maximum Gasteiger partial charge on any atom is 0.369 e. The van der Waals surface area contributed by atoms with Crippen molar-refractivity contribution in [2.75, 3.05) is 122 Å². The molecule has 5 atom stereocenters. The van der Waals surface area contributed by atoms with Crippen LogP contribution in [0.3, 0.4) is 0 Å². The fourth-order valence-electron chi connectivity index (χ4n) is 15.1. The fraction of sp³-hybridized carbons (Fsp3) is 0.625. The summed E-state index contributed by atoms with van der Waals surface area (Å²) in [6.45, 7) is 3.83. The number of anilines is 2. The molecule has 3 aromatic rings. The first kappa shape index (κ1) is 114. The molecule has 1 unspecified atom stereocenters. The average Bonchev–Trinajstić information content (AvgIpc) is 0.914. The predicted molar refractivity (Wildman–Crippen MR) is 497 cm³/mol. The summed E-state index contributed by atoms with van der Waals surface area (Å²) in [5.74, 6) is -8.58. The molecule has 756 valence electrons. The van der Waals surface area contributed by atoms with Crippen LogP contribution in [0.4, 0.5) is 16.2 Å². The number of thioether (sulfide) groups is 1. The molecule has 23 N–H and O–H groups in total. The van der Waals surface area contributed by atoms with Gasteiger partial charge in [0.25, 0.3) is 5.08 Å².